The van der Waals surface area contributed by atoms with Gasteiger partial charge in [0.25, 0.3) is 0 Å². The summed E-state index contributed by atoms with van der Waals surface area (Å²) >= 11 is 0. The molecule has 0 radical (unpaired) electrons. The van der Waals surface area contributed by atoms with Gasteiger partial charge in [-0.05, 0) is 30.7 Å². The fourth-order valence-corrected chi connectivity index (χ4v) is 1.85. The molecule has 0 spiro atoms. The summed E-state index contributed by atoms with van der Waals surface area (Å²) in [5.74, 6) is 1.49. The third-order valence-electron chi connectivity index (χ3n) is 2.86. The molecule has 0 saturated heterocycles. The lowest BCUT2D eigenvalue weighted by Crippen LogP contribution is -2.11. The van der Waals surface area contributed by atoms with E-state index < -0.39 is 0 Å². The van der Waals surface area contributed by atoms with E-state index in [0.29, 0.717) is 11.4 Å². The number of benzene rings is 1. The number of rotatable bonds is 6. The molecule has 0 aliphatic carbocycles. The van der Waals surface area contributed by atoms with Gasteiger partial charge < -0.3 is 4.74 Å². The third kappa shape index (κ3) is 3.19. The Hall–Kier alpha value is -2.17. The molecular weight excluding hydrogens is 242 g/mol. The fourth-order valence-electron chi connectivity index (χ4n) is 1.85. The molecular formula is C14H17N3O2. The van der Waals surface area contributed by atoms with Crippen molar-refractivity contribution in [1.29, 1.82) is 0 Å². The summed E-state index contributed by atoms with van der Waals surface area (Å²) in [4.78, 5) is 16.3. The molecule has 2 aromatic rings. The molecule has 0 unspecified atom stereocenters. The van der Waals surface area contributed by atoms with Gasteiger partial charge in [-0.25, -0.2) is 9.67 Å². The normalized spacial score (nSPS) is 10.4. The van der Waals surface area contributed by atoms with E-state index in [0.717, 1.165) is 18.7 Å². The maximum absolute atomic E-state index is 12.1. The Bertz CT molecular complexity index is 546. The van der Waals surface area contributed by atoms with Gasteiger partial charge in [0.2, 0.25) is 0 Å². The summed E-state index contributed by atoms with van der Waals surface area (Å²) in [6.07, 6.45) is 2.73. The first-order chi connectivity index (χ1) is 9.24. The van der Waals surface area contributed by atoms with Gasteiger partial charge in [-0.3, -0.25) is 4.79 Å². The monoisotopic (exact) mass is 259 g/mol. The molecule has 1 heterocycles. The lowest BCUT2D eigenvalue weighted by atomic mass is 10.1. The molecule has 19 heavy (non-hydrogen) atoms. The molecule has 0 atom stereocenters. The molecule has 0 N–H and O–H groups in total. The number of ether oxygens (including phenoxy) is 1. The zero-order chi connectivity index (χ0) is 13.7. The first-order valence-electron chi connectivity index (χ1n) is 6.28. The lowest BCUT2D eigenvalue weighted by molar-refractivity contribution is 0.0989. The van der Waals surface area contributed by atoms with E-state index >= 15 is 0 Å². The number of carbonyl (C=O) groups is 1. The summed E-state index contributed by atoms with van der Waals surface area (Å²) < 4.78 is 6.85. The summed E-state index contributed by atoms with van der Waals surface area (Å²) in [5, 5.41) is 4.11. The molecule has 100 valence electrons. The molecule has 0 aliphatic rings. The Morgan fingerprint density at radius 2 is 2.05 bits per heavy atom. The highest BCUT2D eigenvalue weighted by molar-refractivity contribution is 5.97. The summed E-state index contributed by atoms with van der Waals surface area (Å²) in [5.41, 5.74) is 0.659. The third-order valence-corrected chi connectivity index (χ3v) is 2.86. The van der Waals surface area contributed by atoms with Crippen molar-refractivity contribution in [3.8, 4) is 5.75 Å². The number of carbonyl (C=O) groups excluding carboxylic acids is 1. The molecule has 0 amide bonds. The van der Waals surface area contributed by atoms with Gasteiger partial charge in [0, 0.05) is 12.1 Å². The molecule has 0 bridgehead atoms. The van der Waals surface area contributed by atoms with Crippen molar-refractivity contribution in [2.75, 3.05) is 7.11 Å². The van der Waals surface area contributed by atoms with Crippen LogP contribution in [0.25, 0.3) is 0 Å². The Morgan fingerprint density at radius 1 is 1.32 bits per heavy atom. The van der Waals surface area contributed by atoms with Gasteiger partial charge in [-0.1, -0.05) is 6.92 Å². The fraction of sp³-hybridized carbons (Fsp3) is 0.357. The van der Waals surface area contributed by atoms with Crippen LogP contribution in [0.5, 0.6) is 5.75 Å². The molecule has 0 fully saturated rings. The molecule has 1 aromatic carbocycles. The Kier molecular flexibility index (Phi) is 4.28. The van der Waals surface area contributed by atoms with Crippen LogP contribution in [0.15, 0.2) is 30.6 Å². The predicted molar refractivity (Wildman–Crippen MR) is 71.3 cm³/mol. The van der Waals surface area contributed by atoms with Gasteiger partial charge in [-0.15, -0.1) is 0 Å². The maximum Gasteiger partial charge on any atom is 0.170 e. The molecule has 0 aliphatic heterocycles. The molecule has 0 saturated carbocycles. The van der Waals surface area contributed by atoms with Gasteiger partial charge in [-0.2, -0.15) is 5.10 Å². The van der Waals surface area contributed by atoms with Crippen LogP contribution in [0, 0.1) is 0 Å². The van der Waals surface area contributed by atoms with Crippen LogP contribution in [-0.2, 0) is 13.0 Å². The highest BCUT2D eigenvalue weighted by atomic mass is 16.5. The van der Waals surface area contributed by atoms with Gasteiger partial charge in [0.1, 0.15) is 17.9 Å². The SMILES string of the molecule is CCCn1ncnc1CC(=O)c1ccc(OC)cc1. The van der Waals surface area contributed by atoms with Crippen molar-refractivity contribution in [2.24, 2.45) is 0 Å². The first-order valence-corrected chi connectivity index (χ1v) is 6.28. The largest absolute Gasteiger partial charge is 0.497 e. The van der Waals surface area contributed by atoms with Crippen LogP contribution in [0.2, 0.25) is 0 Å². The average molecular weight is 259 g/mol. The minimum Gasteiger partial charge on any atom is -0.497 e. The van der Waals surface area contributed by atoms with E-state index in [9.17, 15) is 4.79 Å². The minimum atomic E-state index is 0.0352. The number of hydrogen-bond acceptors (Lipinski definition) is 4. The number of Topliss-reactive ketones (excluding diaryl/α,β-unsaturated/α-hetero) is 1. The van der Waals surface area contributed by atoms with Crippen molar-refractivity contribution < 1.29 is 9.53 Å². The van der Waals surface area contributed by atoms with Crippen LogP contribution >= 0.6 is 0 Å². The van der Waals surface area contributed by atoms with Crippen LogP contribution in [0.4, 0.5) is 0 Å². The van der Waals surface area contributed by atoms with E-state index in [-0.39, 0.29) is 12.2 Å². The summed E-state index contributed by atoms with van der Waals surface area (Å²) in [6.45, 7) is 2.85. The zero-order valence-electron chi connectivity index (χ0n) is 11.2. The zero-order valence-corrected chi connectivity index (χ0v) is 11.2. The minimum absolute atomic E-state index is 0.0352. The smallest absolute Gasteiger partial charge is 0.170 e. The Balaban J connectivity index is 2.09. The highest BCUT2D eigenvalue weighted by Crippen LogP contribution is 2.13. The quantitative estimate of drug-likeness (QED) is 0.746. The number of ketones is 1. The van der Waals surface area contributed by atoms with Crippen LogP contribution in [0.1, 0.15) is 29.5 Å². The second-order valence-corrected chi connectivity index (χ2v) is 4.23. The van der Waals surface area contributed by atoms with Crippen LogP contribution in [-0.4, -0.2) is 27.7 Å². The van der Waals surface area contributed by atoms with Crippen molar-refractivity contribution in [2.45, 2.75) is 26.3 Å². The van der Waals surface area contributed by atoms with Crippen molar-refractivity contribution in [1.82, 2.24) is 14.8 Å². The average Bonchev–Trinajstić information content (AvgIpc) is 2.86. The summed E-state index contributed by atoms with van der Waals surface area (Å²) in [6, 6.07) is 7.09. The van der Waals surface area contributed by atoms with E-state index in [1.807, 2.05) is 0 Å². The number of aromatic nitrogens is 3. The second kappa shape index (κ2) is 6.13. The predicted octanol–water partition coefficient (Wildman–Crippen LogP) is 2.12. The van der Waals surface area contributed by atoms with Crippen LogP contribution < -0.4 is 4.74 Å². The molecule has 5 heteroatoms. The summed E-state index contributed by atoms with van der Waals surface area (Å²) in [7, 11) is 1.60. The number of methoxy groups -OCH3 is 1. The van der Waals surface area contributed by atoms with Crippen molar-refractivity contribution in [3.05, 3.63) is 42.0 Å². The number of nitrogens with zero attached hydrogens (tertiary/aromatic N) is 3. The van der Waals surface area contributed by atoms with E-state index in [4.69, 9.17) is 4.74 Å². The van der Waals surface area contributed by atoms with E-state index in [1.54, 1.807) is 36.1 Å². The van der Waals surface area contributed by atoms with Crippen molar-refractivity contribution in [3.63, 3.8) is 0 Å². The second-order valence-electron chi connectivity index (χ2n) is 4.23. The lowest BCUT2D eigenvalue weighted by Gasteiger charge is -2.05. The topological polar surface area (TPSA) is 57.0 Å². The molecule has 2 rings (SSSR count). The van der Waals surface area contributed by atoms with Gasteiger partial charge >= 0.3 is 0 Å². The highest BCUT2D eigenvalue weighted by Gasteiger charge is 2.12. The molecule has 5 nitrogen and oxygen atoms in total. The van der Waals surface area contributed by atoms with E-state index in [2.05, 4.69) is 17.0 Å². The molecule has 1 aromatic heterocycles. The van der Waals surface area contributed by atoms with Gasteiger partial charge in [0.15, 0.2) is 5.78 Å². The number of aryl methyl sites for hydroxylation is 1. The maximum atomic E-state index is 12.1. The van der Waals surface area contributed by atoms with Crippen molar-refractivity contribution >= 4 is 5.78 Å². The Labute approximate surface area is 112 Å². The number of hydrogen-bond donors (Lipinski definition) is 0. The Morgan fingerprint density at radius 3 is 2.68 bits per heavy atom. The van der Waals surface area contributed by atoms with Crippen LogP contribution in [0.3, 0.4) is 0 Å². The van der Waals surface area contributed by atoms with E-state index in [1.165, 1.54) is 6.33 Å². The standard InChI is InChI=1S/C14H17N3O2/c1-3-8-17-14(15-10-16-17)9-13(18)11-4-6-12(19-2)7-5-11/h4-7,10H,3,8-9H2,1-2H3. The first kappa shape index (κ1) is 13.3. The van der Waals surface area contributed by atoms with Gasteiger partial charge in [0.05, 0.1) is 13.5 Å².